The molecule has 0 spiro atoms. The first-order valence-corrected chi connectivity index (χ1v) is 5.32. The zero-order valence-corrected chi connectivity index (χ0v) is 10.0. The number of likely N-dealkylation sites (N-methyl/N-ethyl adjacent to an activating group) is 1. The summed E-state index contributed by atoms with van der Waals surface area (Å²) in [6.07, 6.45) is 3.32. The molecule has 0 aliphatic heterocycles. The van der Waals surface area contributed by atoms with E-state index in [1.165, 1.54) is 0 Å². The number of nitrogens with one attached hydrogen (secondary N) is 1. The van der Waals surface area contributed by atoms with Crippen LogP contribution in [0.3, 0.4) is 0 Å². The molecule has 1 aromatic rings. The maximum atomic E-state index is 4.11. The summed E-state index contributed by atoms with van der Waals surface area (Å²) < 4.78 is 1.87. The van der Waals surface area contributed by atoms with Crippen molar-refractivity contribution in [2.45, 2.75) is 25.9 Å². The van der Waals surface area contributed by atoms with Gasteiger partial charge >= 0.3 is 0 Å². The van der Waals surface area contributed by atoms with Crippen molar-refractivity contribution in [1.29, 1.82) is 0 Å². The van der Waals surface area contributed by atoms with Crippen LogP contribution in [-0.4, -0.2) is 52.9 Å². The van der Waals surface area contributed by atoms with Crippen LogP contribution < -0.4 is 5.32 Å². The highest BCUT2D eigenvalue weighted by atomic mass is 15.3. The molecule has 5 heteroatoms. The number of hydrogen-bond acceptors (Lipinski definition) is 4. The van der Waals surface area contributed by atoms with Gasteiger partial charge < -0.3 is 10.2 Å². The van der Waals surface area contributed by atoms with Gasteiger partial charge in [0, 0.05) is 19.1 Å². The van der Waals surface area contributed by atoms with Crippen molar-refractivity contribution in [3.63, 3.8) is 0 Å². The fourth-order valence-electron chi connectivity index (χ4n) is 1.52. The Morgan fingerprint density at radius 1 is 1.40 bits per heavy atom. The maximum absolute atomic E-state index is 4.11. The SMILES string of the molecule is CC(CN(C)C)NCC(C)n1cncn1. The number of aromatic nitrogens is 3. The maximum Gasteiger partial charge on any atom is 0.137 e. The number of hydrogen-bond donors (Lipinski definition) is 1. The summed E-state index contributed by atoms with van der Waals surface area (Å²) in [6, 6.07) is 0.836. The minimum absolute atomic E-state index is 0.345. The lowest BCUT2D eigenvalue weighted by Gasteiger charge is -2.20. The second kappa shape index (κ2) is 5.82. The molecule has 1 rings (SSSR count). The second-order valence-electron chi connectivity index (χ2n) is 4.30. The van der Waals surface area contributed by atoms with Crippen molar-refractivity contribution >= 4 is 0 Å². The first-order valence-electron chi connectivity index (χ1n) is 5.32. The molecule has 2 unspecified atom stereocenters. The molecule has 86 valence electrons. The summed E-state index contributed by atoms with van der Waals surface area (Å²) >= 11 is 0. The summed E-state index contributed by atoms with van der Waals surface area (Å²) in [5.41, 5.74) is 0. The van der Waals surface area contributed by atoms with Gasteiger partial charge in [0.1, 0.15) is 12.7 Å². The van der Waals surface area contributed by atoms with E-state index in [1.54, 1.807) is 12.7 Å². The normalized spacial score (nSPS) is 15.5. The van der Waals surface area contributed by atoms with Gasteiger partial charge in [-0.1, -0.05) is 0 Å². The minimum atomic E-state index is 0.345. The van der Waals surface area contributed by atoms with Crippen molar-refractivity contribution in [3.8, 4) is 0 Å². The van der Waals surface area contributed by atoms with Gasteiger partial charge in [0.2, 0.25) is 0 Å². The zero-order valence-electron chi connectivity index (χ0n) is 10.0. The molecule has 15 heavy (non-hydrogen) atoms. The highest BCUT2D eigenvalue weighted by Crippen LogP contribution is 2.00. The Labute approximate surface area is 91.5 Å². The number of rotatable bonds is 6. The molecular weight excluding hydrogens is 190 g/mol. The molecule has 1 aromatic heterocycles. The van der Waals surface area contributed by atoms with Crippen molar-refractivity contribution < 1.29 is 0 Å². The summed E-state index contributed by atoms with van der Waals surface area (Å²) in [6.45, 7) is 6.28. The lowest BCUT2D eigenvalue weighted by molar-refractivity contribution is 0.333. The molecule has 0 amide bonds. The van der Waals surface area contributed by atoms with Crippen LogP contribution in [0.25, 0.3) is 0 Å². The Kier molecular flexibility index (Phi) is 4.71. The smallest absolute Gasteiger partial charge is 0.137 e. The highest BCUT2D eigenvalue weighted by molar-refractivity contribution is 4.70. The molecule has 5 nitrogen and oxygen atoms in total. The van der Waals surface area contributed by atoms with Gasteiger partial charge in [0.05, 0.1) is 6.04 Å². The Morgan fingerprint density at radius 2 is 2.13 bits per heavy atom. The zero-order chi connectivity index (χ0) is 11.3. The van der Waals surface area contributed by atoms with E-state index >= 15 is 0 Å². The topological polar surface area (TPSA) is 46.0 Å². The van der Waals surface area contributed by atoms with Gasteiger partial charge in [0.15, 0.2) is 0 Å². The molecule has 0 aliphatic rings. The fourth-order valence-corrected chi connectivity index (χ4v) is 1.52. The minimum Gasteiger partial charge on any atom is -0.311 e. The quantitative estimate of drug-likeness (QED) is 0.739. The van der Waals surface area contributed by atoms with Crippen LogP contribution in [0.5, 0.6) is 0 Å². The molecule has 1 N–H and O–H groups in total. The molecule has 0 bridgehead atoms. The first kappa shape index (κ1) is 12.1. The summed E-state index contributed by atoms with van der Waals surface area (Å²) in [4.78, 5) is 6.11. The standard InChI is InChI=1S/C10H21N5/c1-9(6-14(3)4)12-5-10(2)15-8-11-7-13-15/h7-10,12H,5-6H2,1-4H3. The summed E-state index contributed by atoms with van der Waals surface area (Å²) in [5.74, 6) is 0. The largest absolute Gasteiger partial charge is 0.311 e. The third-order valence-electron chi connectivity index (χ3n) is 2.29. The van der Waals surface area contributed by atoms with Crippen LogP contribution in [0.2, 0.25) is 0 Å². The van der Waals surface area contributed by atoms with Crippen LogP contribution in [0.4, 0.5) is 0 Å². The predicted octanol–water partition coefficient (Wildman–Crippen LogP) is 0.379. The molecule has 1 heterocycles. The van der Waals surface area contributed by atoms with E-state index in [0.29, 0.717) is 12.1 Å². The fraction of sp³-hybridized carbons (Fsp3) is 0.800. The van der Waals surface area contributed by atoms with Gasteiger partial charge in [-0.05, 0) is 27.9 Å². The average Bonchev–Trinajstić information content (AvgIpc) is 2.65. The molecule has 0 aromatic carbocycles. The molecule has 0 radical (unpaired) electrons. The van der Waals surface area contributed by atoms with E-state index < -0.39 is 0 Å². The molecular formula is C10H21N5. The van der Waals surface area contributed by atoms with E-state index in [0.717, 1.165) is 13.1 Å². The van der Waals surface area contributed by atoms with Crippen molar-refractivity contribution in [2.24, 2.45) is 0 Å². The van der Waals surface area contributed by atoms with Crippen molar-refractivity contribution in [2.75, 3.05) is 27.2 Å². The van der Waals surface area contributed by atoms with E-state index in [-0.39, 0.29) is 0 Å². The Bertz CT molecular complexity index is 257. The monoisotopic (exact) mass is 211 g/mol. The van der Waals surface area contributed by atoms with E-state index in [9.17, 15) is 0 Å². The lowest BCUT2D eigenvalue weighted by atomic mass is 10.3. The van der Waals surface area contributed by atoms with Crippen molar-refractivity contribution in [3.05, 3.63) is 12.7 Å². The molecule has 0 saturated heterocycles. The highest BCUT2D eigenvalue weighted by Gasteiger charge is 2.07. The van der Waals surface area contributed by atoms with Gasteiger partial charge in [-0.25, -0.2) is 9.67 Å². The first-order chi connectivity index (χ1) is 7.09. The third-order valence-corrected chi connectivity index (χ3v) is 2.29. The Balaban J connectivity index is 2.25. The Morgan fingerprint density at radius 3 is 2.67 bits per heavy atom. The van der Waals surface area contributed by atoms with E-state index in [2.05, 4.69) is 48.2 Å². The van der Waals surface area contributed by atoms with Crippen LogP contribution in [0, 0.1) is 0 Å². The van der Waals surface area contributed by atoms with E-state index in [4.69, 9.17) is 0 Å². The lowest BCUT2D eigenvalue weighted by Crippen LogP contribution is -2.38. The van der Waals surface area contributed by atoms with Crippen LogP contribution in [0.1, 0.15) is 19.9 Å². The van der Waals surface area contributed by atoms with E-state index in [1.807, 2.05) is 4.68 Å². The van der Waals surface area contributed by atoms with Crippen LogP contribution >= 0.6 is 0 Å². The molecule has 2 atom stereocenters. The molecule has 0 aliphatic carbocycles. The predicted molar refractivity (Wildman–Crippen MR) is 60.8 cm³/mol. The Hall–Kier alpha value is -0.940. The second-order valence-corrected chi connectivity index (χ2v) is 4.30. The van der Waals surface area contributed by atoms with Gasteiger partial charge in [0.25, 0.3) is 0 Å². The van der Waals surface area contributed by atoms with Crippen molar-refractivity contribution in [1.82, 2.24) is 25.0 Å². The van der Waals surface area contributed by atoms with Gasteiger partial charge in [-0.15, -0.1) is 0 Å². The van der Waals surface area contributed by atoms with Crippen LogP contribution in [-0.2, 0) is 0 Å². The third kappa shape index (κ3) is 4.40. The number of nitrogens with zero attached hydrogens (tertiary/aromatic N) is 4. The average molecular weight is 211 g/mol. The molecule has 0 saturated carbocycles. The summed E-state index contributed by atoms with van der Waals surface area (Å²) in [5, 5.41) is 7.58. The van der Waals surface area contributed by atoms with Gasteiger partial charge in [-0.3, -0.25) is 0 Å². The van der Waals surface area contributed by atoms with Gasteiger partial charge in [-0.2, -0.15) is 5.10 Å². The van der Waals surface area contributed by atoms with Crippen LogP contribution in [0.15, 0.2) is 12.7 Å². The molecule has 0 fully saturated rings. The summed E-state index contributed by atoms with van der Waals surface area (Å²) in [7, 11) is 4.16.